The van der Waals surface area contributed by atoms with Crippen molar-refractivity contribution in [3.8, 4) is 0 Å². The van der Waals surface area contributed by atoms with E-state index in [0.29, 0.717) is 18.0 Å². The van der Waals surface area contributed by atoms with Crippen LogP contribution in [0.25, 0.3) is 0 Å². The van der Waals surface area contributed by atoms with E-state index in [1.165, 1.54) is 4.31 Å². The van der Waals surface area contributed by atoms with Crippen LogP contribution in [0.4, 0.5) is 0 Å². The molecule has 0 unspecified atom stereocenters. The Morgan fingerprint density at radius 2 is 2.00 bits per heavy atom. The van der Waals surface area contributed by atoms with E-state index in [9.17, 15) is 8.42 Å². The van der Waals surface area contributed by atoms with Gasteiger partial charge in [0.1, 0.15) is 0 Å². The van der Waals surface area contributed by atoms with Crippen molar-refractivity contribution in [2.45, 2.75) is 38.1 Å². The number of nitrogens with zero attached hydrogens (tertiary/aromatic N) is 1. The largest absolute Gasteiger partial charge is 0.326 e. The SMILES string of the molecule is CCCCN(C)S(=O)(=O)c1ccc(C)c(CN)c1. The van der Waals surface area contributed by atoms with Crippen LogP contribution in [0.5, 0.6) is 0 Å². The molecule has 0 aliphatic carbocycles. The van der Waals surface area contributed by atoms with Crippen molar-refractivity contribution in [1.29, 1.82) is 0 Å². The third-order valence-electron chi connectivity index (χ3n) is 3.08. The lowest BCUT2D eigenvalue weighted by Crippen LogP contribution is -2.28. The normalized spacial score (nSPS) is 12.1. The van der Waals surface area contributed by atoms with Gasteiger partial charge in [0.25, 0.3) is 0 Å². The summed E-state index contributed by atoms with van der Waals surface area (Å²) in [5.74, 6) is 0. The molecule has 1 aromatic rings. The first-order valence-corrected chi connectivity index (χ1v) is 7.63. The van der Waals surface area contributed by atoms with Gasteiger partial charge in [0, 0.05) is 20.1 Å². The summed E-state index contributed by atoms with van der Waals surface area (Å²) in [5, 5.41) is 0. The van der Waals surface area contributed by atoms with Gasteiger partial charge >= 0.3 is 0 Å². The fourth-order valence-corrected chi connectivity index (χ4v) is 2.97. The van der Waals surface area contributed by atoms with Gasteiger partial charge in [-0.15, -0.1) is 0 Å². The Labute approximate surface area is 110 Å². The van der Waals surface area contributed by atoms with Crippen molar-refractivity contribution in [2.75, 3.05) is 13.6 Å². The Bertz CT molecular complexity index is 498. The Balaban J connectivity index is 3.05. The van der Waals surface area contributed by atoms with E-state index < -0.39 is 10.0 Å². The Morgan fingerprint density at radius 1 is 1.33 bits per heavy atom. The zero-order valence-corrected chi connectivity index (χ0v) is 12.1. The van der Waals surface area contributed by atoms with Crippen molar-refractivity contribution in [3.05, 3.63) is 29.3 Å². The average molecular weight is 270 g/mol. The number of hydrogen-bond donors (Lipinski definition) is 1. The van der Waals surface area contributed by atoms with Crippen LogP contribution in [0, 0.1) is 6.92 Å². The van der Waals surface area contributed by atoms with Gasteiger partial charge in [0.15, 0.2) is 0 Å². The van der Waals surface area contributed by atoms with Crippen LogP contribution in [0.3, 0.4) is 0 Å². The van der Waals surface area contributed by atoms with Crippen molar-refractivity contribution < 1.29 is 8.42 Å². The summed E-state index contributed by atoms with van der Waals surface area (Å²) in [6, 6.07) is 5.13. The molecule has 0 spiro atoms. The smallest absolute Gasteiger partial charge is 0.242 e. The molecule has 18 heavy (non-hydrogen) atoms. The summed E-state index contributed by atoms with van der Waals surface area (Å²) in [7, 11) is -1.76. The number of unbranched alkanes of at least 4 members (excludes halogenated alkanes) is 1. The molecule has 4 nitrogen and oxygen atoms in total. The lowest BCUT2D eigenvalue weighted by molar-refractivity contribution is 0.459. The van der Waals surface area contributed by atoms with Crippen molar-refractivity contribution in [2.24, 2.45) is 5.73 Å². The molecule has 2 N–H and O–H groups in total. The van der Waals surface area contributed by atoms with Gasteiger partial charge in [0.05, 0.1) is 4.90 Å². The zero-order chi connectivity index (χ0) is 13.8. The molecule has 0 saturated heterocycles. The average Bonchev–Trinajstić information content (AvgIpc) is 2.36. The predicted octanol–water partition coefficient (Wildman–Crippen LogP) is 1.87. The highest BCUT2D eigenvalue weighted by Crippen LogP contribution is 2.18. The van der Waals surface area contributed by atoms with Gasteiger partial charge in [-0.25, -0.2) is 12.7 Å². The summed E-state index contributed by atoms with van der Waals surface area (Å²) in [5.41, 5.74) is 7.51. The minimum atomic E-state index is -3.38. The number of hydrogen-bond acceptors (Lipinski definition) is 3. The molecular weight excluding hydrogens is 248 g/mol. The topological polar surface area (TPSA) is 63.4 Å². The molecule has 0 radical (unpaired) electrons. The zero-order valence-electron chi connectivity index (χ0n) is 11.3. The van der Waals surface area contributed by atoms with Gasteiger partial charge < -0.3 is 5.73 Å². The molecule has 0 heterocycles. The molecule has 0 aromatic heterocycles. The quantitative estimate of drug-likeness (QED) is 0.858. The van der Waals surface area contributed by atoms with Crippen LogP contribution in [0.2, 0.25) is 0 Å². The molecular formula is C13H22N2O2S. The third-order valence-corrected chi connectivity index (χ3v) is 4.93. The summed E-state index contributed by atoms with van der Waals surface area (Å²) < 4.78 is 26.0. The maximum absolute atomic E-state index is 12.3. The van der Waals surface area contributed by atoms with Gasteiger partial charge in [-0.3, -0.25) is 0 Å². The Hall–Kier alpha value is -0.910. The maximum Gasteiger partial charge on any atom is 0.242 e. The summed E-state index contributed by atoms with van der Waals surface area (Å²) in [6.07, 6.45) is 1.84. The molecule has 5 heteroatoms. The maximum atomic E-state index is 12.3. The third kappa shape index (κ3) is 3.31. The minimum absolute atomic E-state index is 0.326. The number of aryl methyl sites for hydroxylation is 1. The van der Waals surface area contributed by atoms with Crippen LogP contribution in [-0.4, -0.2) is 26.3 Å². The monoisotopic (exact) mass is 270 g/mol. The van der Waals surface area contributed by atoms with E-state index in [1.807, 2.05) is 19.9 Å². The predicted molar refractivity (Wildman–Crippen MR) is 73.8 cm³/mol. The molecule has 0 atom stereocenters. The van der Waals surface area contributed by atoms with Crippen LogP contribution in [0.15, 0.2) is 23.1 Å². The number of benzene rings is 1. The van der Waals surface area contributed by atoms with E-state index in [-0.39, 0.29) is 0 Å². The second-order valence-electron chi connectivity index (χ2n) is 4.47. The van der Waals surface area contributed by atoms with E-state index in [1.54, 1.807) is 19.2 Å². The van der Waals surface area contributed by atoms with E-state index in [2.05, 4.69) is 0 Å². The molecule has 0 saturated carbocycles. The van der Waals surface area contributed by atoms with Crippen LogP contribution in [-0.2, 0) is 16.6 Å². The standard InChI is InChI=1S/C13H22N2O2S/c1-4-5-8-15(3)18(16,17)13-7-6-11(2)12(9-13)10-14/h6-7,9H,4-5,8,10,14H2,1-3H3. The fraction of sp³-hybridized carbons (Fsp3) is 0.538. The van der Waals surface area contributed by atoms with Crippen molar-refractivity contribution in [3.63, 3.8) is 0 Å². The second kappa shape index (κ2) is 6.31. The minimum Gasteiger partial charge on any atom is -0.326 e. The highest BCUT2D eigenvalue weighted by Gasteiger charge is 2.20. The highest BCUT2D eigenvalue weighted by molar-refractivity contribution is 7.89. The van der Waals surface area contributed by atoms with Gasteiger partial charge in [0.2, 0.25) is 10.0 Å². The summed E-state index contributed by atoms with van der Waals surface area (Å²) in [4.78, 5) is 0.326. The van der Waals surface area contributed by atoms with E-state index in [4.69, 9.17) is 5.73 Å². The molecule has 0 fully saturated rings. The number of sulfonamides is 1. The van der Waals surface area contributed by atoms with Gasteiger partial charge in [-0.05, 0) is 36.6 Å². The van der Waals surface area contributed by atoms with Crippen molar-refractivity contribution in [1.82, 2.24) is 4.31 Å². The number of rotatable bonds is 6. The molecule has 0 bridgehead atoms. The highest BCUT2D eigenvalue weighted by atomic mass is 32.2. The Morgan fingerprint density at radius 3 is 2.56 bits per heavy atom. The van der Waals surface area contributed by atoms with Crippen LogP contribution >= 0.6 is 0 Å². The van der Waals surface area contributed by atoms with Crippen LogP contribution in [0.1, 0.15) is 30.9 Å². The second-order valence-corrected chi connectivity index (χ2v) is 6.52. The number of nitrogens with two attached hydrogens (primary N) is 1. The van der Waals surface area contributed by atoms with E-state index >= 15 is 0 Å². The molecule has 102 valence electrons. The lowest BCUT2D eigenvalue weighted by atomic mass is 10.1. The first-order valence-electron chi connectivity index (χ1n) is 6.19. The molecule has 1 aromatic carbocycles. The molecule has 0 aliphatic heterocycles. The summed E-state index contributed by atoms with van der Waals surface area (Å²) >= 11 is 0. The van der Waals surface area contributed by atoms with Gasteiger partial charge in [-0.1, -0.05) is 19.4 Å². The van der Waals surface area contributed by atoms with Crippen molar-refractivity contribution >= 4 is 10.0 Å². The fourth-order valence-electron chi connectivity index (χ4n) is 1.71. The van der Waals surface area contributed by atoms with Crippen LogP contribution < -0.4 is 5.73 Å². The first kappa shape index (κ1) is 15.1. The molecule has 0 amide bonds. The van der Waals surface area contributed by atoms with Gasteiger partial charge in [-0.2, -0.15) is 0 Å². The van der Waals surface area contributed by atoms with E-state index in [0.717, 1.165) is 24.0 Å². The first-order chi connectivity index (χ1) is 8.43. The lowest BCUT2D eigenvalue weighted by Gasteiger charge is -2.17. The summed E-state index contributed by atoms with van der Waals surface area (Å²) in [6.45, 7) is 4.87. The molecule has 1 rings (SSSR count). The Kier molecular flexibility index (Phi) is 5.31. The molecule has 0 aliphatic rings.